The van der Waals surface area contributed by atoms with Crippen molar-refractivity contribution in [3.8, 4) is 0 Å². The van der Waals surface area contributed by atoms with Gasteiger partial charge in [0.2, 0.25) is 0 Å². The molecule has 0 bridgehead atoms. The summed E-state index contributed by atoms with van der Waals surface area (Å²) < 4.78 is 5.01. The molecule has 0 amide bonds. The Morgan fingerprint density at radius 1 is 1.14 bits per heavy atom. The average molecular weight is 292 g/mol. The highest BCUT2D eigenvalue weighted by Crippen LogP contribution is 2.08. The number of unbranched alkanes of at least 4 members (excludes halogenated alkanes) is 1. The molecular formula is C16H28N4O. The molecule has 0 radical (unpaired) electrons. The molecule has 0 aliphatic heterocycles. The van der Waals surface area contributed by atoms with Crippen LogP contribution in [0.25, 0.3) is 0 Å². The minimum atomic E-state index is 0.711. The van der Waals surface area contributed by atoms with Gasteiger partial charge in [-0.3, -0.25) is 4.99 Å². The largest absolute Gasteiger partial charge is 0.383 e. The second-order valence-electron chi connectivity index (χ2n) is 4.82. The number of methoxy groups -OCH3 is 1. The van der Waals surface area contributed by atoms with E-state index in [1.165, 1.54) is 12.0 Å². The molecule has 118 valence electrons. The summed E-state index contributed by atoms with van der Waals surface area (Å²) in [5.41, 5.74) is 2.34. The highest BCUT2D eigenvalue weighted by Gasteiger charge is 1.98. The standard InChI is InChI=1S/C16H28N4O/c1-4-5-10-19-16(17-2)20-13-14-6-8-15(9-7-14)18-11-12-21-3/h6-9,18H,4-5,10-13H2,1-3H3,(H2,17,19,20). The Labute approximate surface area is 128 Å². The molecule has 5 heteroatoms. The first kappa shape index (κ1) is 17.3. The van der Waals surface area contributed by atoms with Crippen LogP contribution in [-0.2, 0) is 11.3 Å². The van der Waals surface area contributed by atoms with Crippen molar-refractivity contribution in [1.29, 1.82) is 0 Å². The van der Waals surface area contributed by atoms with Gasteiger partial charge in [-0.1, -0.05) is 25.5 Å². The lowest BCUT2D eigenvalue weighted by Crippen LogP contribution is -2.37. The molecule has 0 unspecified atom stereocenters. The number of hydrogen-bond donors (Lipinski definition) is 3. The van der Waals surface area contributed by atoms with Gasteiger partial charge in [0.25, 0.3) is 0 Å². The molecule has 21 heavy (non-hydrogen) atoms. The minimum absolute atomic E-state index is 0.711. The summed E-state index contributed by atoms with van der Waals surface area (Å²) >= 11 is 0. The maximum atomic E-state index is 5.01. The second-order valence-corrected chi connectivity index (χ2v) is 4.82. The van der Waals surface area contributed by atoms with Gasteiger partial charge in [0.05, 0.1) is 6.61 Å². The molecule has 1 aromatic carbocycles. The van der Waals surface area contributed by atoms with Crippen LogP contribution in [0.4, 0.5) is 5.69 Å². The molecule has 0 saturated carbocycles. The Morgan fingerprint density at radius 3 is 2.52 bits per heavy atom. The lowest BCUT2D eigenvalue weighted by Gasteiger charge is -2.12. The van der Waals surface area contributed by atoms with Crippen LogP contribution < -0.4 is 16.0 Å². The Hall–Kier alpha value is -1.75. The summed E-state index contributed by atoms with van der Waals surface area (Å²) in [5.74, 6) is 0.853. The molecule has 0 aliphatic carbocycles. The maximum Gasteiger partial charge on any atom is 0.191 e. The van der Waals surface area contributed by atoms with Crippen molar-refractivity contribution in [1.82, 2.24) is 10.6 Å². The highest BCUT2D eigenvalue weighted by atomic mass is 16.5. The van der Waals surface area contributed by atoms with Crippen molar-refractivity contribution in [3.05, 3.63) is 29.8 Å². The van der Waals surface area contributed by atoms with Crippen LogP contribution in [0, 0.1) is 0 Å². The number of nitrogens with zero attached hydrogens (tertiary/aromatic N) is 1. The lowest BCUT2D eigenvalue weighted by molar-refractivity contribution is 0.211. The van der Waals surface area contributed by atoms with Gasteiger partial charge < -0.3 is 20.7 Å². The number of nitrogens with one attached hydrogen (secondary N) is 3. The van der Waals surface area contributed by atoms with E-state index < -0.39 is 0 Å². The molecule has 0 heterocycles. The van der Waals surface area contributed by atoms with Gasteiger partial charge >= 0.3 is 0 Å². The number of rotatable bonds is 9. The molecule has 0 aliphatic rings. The van der Waals surface area contributed by atoms with Crippen LogP contribution >= 0.6 is 0 Å². The van der Waals surface area contributed by atoms with Crippen LogP contribution in [-0.4, -0.2) is 39.8 Å². The van der Waals surface area contributed by atoms with Crippen LogP contribution in [0.1, 0.15) is 25.3 Å². The van der Waals surface area contributed by atoms with Gasteiger partial charge in [-0.15, -0.1) is 0 Å². The smallest absolute Gasteiger partial charge is 0.191 e. The molecule has 3 N–H and O–H groups in total. The Morgan fingerprint density at radius 2 is 1.90 bits per heavy atom. The third-order valence-electron chi connectivity index (χ3n) is 3.10. The fourth-order valence-electron chi connectivity index (χ4n) is 1.83. The molecule has 1 rings (SSSR count). The molecule has 5 nitrogen and oxygen atoms in total. The molecule has 0 atom stereocenters. The van der Waals surface area contributed by atoms with Gasteiger partial charge in [0.1, 0.15) is 0 Å². The number of ether oxygens (including phenoxy) is 1. The Balaban J connectivity index is 2.34. The zero-order chi connectivity index (χ0) is 15.3. The average Bonchev–Trinajstić information content (AvgIpc) is 2.52. The van der Waals surface area contributed by atoms with E-state index in [4.69, 9.17) is 4.74 Å². The van der Waals surface area contributed by atoms with Gasteiger partial charge in [0, 0.05) is 39.5 Å². The summed E-state index contributed by atoms with van der Waals surface area (Å²) in [6, 6.07) is 8.39. The summed E-state index contributed by atoms with van der Waals surface area (Å²) in [6.07, 6.45) is 2.34. The topological polar surface area (TPSA) is 57.7 Å². The van der Waals surface area contributed by atoms with Crippen molar-refractivity contribution in [3.63, 3.8) is 0 Å². The number of benzene rings is 1. The van der Waals surface area contributed by atoms with Crippen LogP contribution in [0.2, 0.25) is 0 Å². The quantitative estimate of drug-likeness (QED) is 0.371. The van der Waals surface area contributed by atoms with E-state index in [9.17, 15) is 0 Å². The summed E-state index contributed by atoms with van der Waals surface area (Å²) in [4.78, 5) is 4.21. The van der Waals surface area contributed by atoms with Crippen LogP contribution in [0.3, 0.4) is 0 Å². The zero-order valence-corrected chi connectivity index (χ0v) is 13.4. The normalized spacial score (nSPS) is 11.3. The van der Waals surface area contributed by atoms with E-state index in [0.29, 0.717) is 6.61 Å². The zero-order valence-electron chi connectivity index (χ0n) is 13.4. The molecule has 0 aromatic heterocycles. The van der Waals surface area contributed by atoms with Crippen LogP contribution in [0.15, 0.2) is 29.3 Å². The molecule has 0 spiro atoms. The van der Waals surface area contributed by atoms with Crippen molar-refractivity contribution >= 4 is 11.6 Å². The van der Waals surface area contributed by atoms with Crippen molar-refractivity contribution in [2.45, 2.75) is 26.3 Å². The fourth-order valence-corrected chi connectivity index (χ4v) is 1.83. The first-order valence-electron chi connectivity index (χ1n) is 7.56. The molecule has 0 fully saturated rings. The van der Waals surface area contributed by atoms with E-state index in [1.807, 2.05) is 0 Å². The monoisotopic (exact) mass is 292 g/mol. The van der Waals surface area contributed by atoms with Crippen molar-refractivity contribution < 1.29 is 4.74 Å². The predicted molar refractivity (Wildman–Crippen MR) is 89.9 cm³/mol. The van der Waals surface area contributed by atoms with Gasteiger partial charge in [-0.25, -0.2) is 0 Å². The Kier molecular flexibility index (Phi) is 9.04. The van der Waals surface area contributed by atoms with E-state index >= 15 is 0 Å². The minimum Gasteiger partial charge on any atom is -0.383 e. The van der Waals surface area contributed by atoms with Crippen molar-refractivity contribution in [2.24, 2.45) is 4.99 Å². The van der Waals surface area contributed by atoms with Crippen LogP contribution in [0.5, 0.6) is 0 Å². The number of guanidine groups is 1. The van der Waals surface area contributed by atoms with Gasteiger partial charge in [-0.05, 0) is 24.1 Å². The first-order chi connectivity index (χ1) is 10.3. The SMILES string of the molecule is CCCCNC(=NC)NCc1ccc(NCCOC)cc1. The summed E-state index contributed by atoms with van der Waals surface area (Å²) in [6.45, 7) is 5.44. The number of aliphatic imine (C=N–C) groups is 1. The van der Waals surface area contributed by atoms with Gasteiger partial charge in [0.15, 0.2) is 5.96 Å². The van der Waals surface area contributed by atoms with E-state index in [-0.39, 0.29) is 0 Å². The van der Waals surface area contributed by atoms with E-state index in [2.05, 4.69) is 52.1 Å². The summed E-state index contributed by atoms with van der Waals surface area (Å²) in [5, 5.41) is 9.92. The molecule has 1 aromatic rings. The lowest BCUT2D eigenvalue weighted by atomic mass is 10.2. The first-order valence-corrected chi connectivity index (χ1v) is 7.56. The third kappa shape index (κ3) is 7.56. The fraction of sp³-hybridized carbons (Fsp3) is 0.562. The number of hydrogen-bond acceptors (Lipinski definition) is 3. The number of anilines is 1. The third-order valence-corrected chi connectivity index (χ3v) is 3.10. The molecule has 0 saturated heterocycles. The highest BCUT2D eigenvalue weighted by molar-refractivity contribution is 5.79. The van der Waals surface area contributed by atoms with E-state index in [1.54, 1.807) is 14.2 Å². The second kappa shape index (κ2) is 11.0. The maximum absolute atomic E-state index is 5.01. The Bertz CT molecular complexity index is 403. The van der Waals surface area contributed by atoms with Gasteiger partial charge in [-0.2, -0.15) is 0 Å². The summed E-state index contributed by atoms with van der Waals surface area (Å²) in [7, 11) is 3.50. The van der Waals surface area contributed by atoms with E-state index in [0.717, 1.165) is 37.7 Å². The predicted octanol–water partition coefficient (Wildman–Crippen LogP) is 2.21. The van der Waals surface area contributed by atoms with Crippen molar-refractivity contribution in [2.75, 3.05) is 39.2 Å². The molecular weight excluding hydrogens is 264 g/mol.